The molecular weight excluding hydrogens is 231 g/mol. The topological polar surface area (TPSA) is 20.2 Å². The zero-order valence-electron chi connectivity index (χ0n) is 8.42. The van der Waals surface area contributed by atoms with Crippen LogP contribution in [0.5, 0.6) is 0 Å². The zero-order valence-corrected chi connectivity index (χ0v) is 9.93. The van der Waals surface area contributed by atoms with E-state index in [9.17, 15) is 5.11 Å². The molecule has 1 aromatic carbocycles. The van der Waals surface area contributed by atoms with Crippen molar-refractivity contribution in [3.63, 3.8) is 0 Å². The van der Waals surface area contributed by atoms with E-state index in [-0.39, 0.29) is 6.10 Å². The lowest BCUT2D eigenvalue weighted by atomic mass is 9.96. The Hall–Kier alpha value is -0.240. The average Bonchev–Trinajstić information content (AvgIpc) is 2.58. The van der Waals surface area contributed by atoms with Gasteiger partial charge in [0.1, 0.15) is 0 Å². The first-order chi connectivity index (χ1) is 7.18. The van der Waals surface area contributed by atoms with Gasteiger partial charge in [-0.1, -0.05) is 35.7 Å². The lowest BCUT2D eigenvalue weighted by molar-refractivity contribution is 0.133. The highest BCUT2D eigenvalue weighted by atomic mass is 35.5. The fourth-order valence-corrected chi connectivity index (χ4v) is 2.80. The highest BCUT2D eigenvalue weighted by molar-refractivity contribution is 6.35. The van der Waals surface area contributed by atoms with Crippen molar-refractivity contribution < 1.29 is 5.11 Å². The number of aliphatic hydroxyl groups is 1. The molecule has 0 heterocycles. The van der Waals surface area contributed by atoms with Crippen molar-refractivity contribution in [2.24, 2.45) is 5.92 Å². The Morgan fingerprint density at radius 2 is 1.87 bits per heavy atom. The molecule has 0 saturated heterocycles. The van der Waals surface area contributed by atoms with Crippen LogP contribution in [0.1, 0.15) is 24.8 Å². The summed E-state index contributed by atoms with van der Waals surface area (Å²) in [6.07, 6.45) is 3.69. The van der Waals surface area contributed by atoms with Crippen LogP contribution in [0, 0.1) is 5.92 Å². The van der Waals surface area contributed by atoms with Crippen LogP contribution in [-0.2, 0) is 6.42 Å². The molecule has 1 aromatic rings. The largest absolute Gasteiger partial charge is 0.393 e. The Balaban J connectivity index is 2.16. The molecule has 0 aromatic heterocycles. The molecule has 2 unspecified atom stereocenters. The van der Waals surface area contributed by atoms with Gasteiger partial charge >= 0.3 is 0 Å². The number of rotatable bonds is 2. The molecule has 2 rings (SSSR count). The van der Waals surface area contributed by atoms with E-state index in [1.54, 1.807) is 0 Å². The molecule has 1 fully saturated rings. The summed E-state index contributed by atoms with van der Waals surface area (Å²) < 4.78 is 0. The number of benzene rings is 1. The third-order valence-corrected chi connectivity index (χ3v) is 3.86. The van der Waals surface area contributed by atoms with Crippen LogP contribution < -0.4 is 0 Å². The summed E-state index contributed by atoms with van der Waals surface area (Å²) in [5, 5.41) is 11.2. The molecule has 82 valence electrons. The van der Waals surface area contributed by atoms with Crippen LogP contribution in [0.3, 0.4) is 0 Å². The highest BCUT2D eigenvalue weighted by Crippen LogP contribution is 2.33. The van der Waals surface area contributed by atoms with Crippen molar-refractivity contribution in [3.8, 4) is 0 Å². The Labute approximate surface area is 100 Å². The number of hydrogen-bond acceptors (Lipinski definition) is 1. The molecule has 2 atom stereocenters. The molecule has 1 N–H and O–H groups in total. The van der Waals surface area contributed by atoms with Crippen LogP contribution >= 0.6 is 23.2 Å². The third-order valence-electron chi connectivity index (χ3n) is 3.15. The van der Waals surface area contributed by atoms with Crippen LogP contribution in [0.4, 0.5) is 0 Å². The van der Waals surface area contributed by atoms with Gasteiger partial charge in [-0.05, 0) is 42.9 Å². The Kier molecular flexibility index (Phi) is 3.55. The van der Waals surface area contributed by atoms with Crippen molar-refractivity contribution in [1.29, 1.82) is 0 Å². The fourth-order valence-electron chi connectivity index (χ4n) is 2.24. The second kappa shape index (κ2) is 4.73. The summed E-state index contributed by atoms with van der Waals surface area (Å²) in [4.78, 5) is 0. The van der Waals surface area contributed by atoms with E-state index >= 15 is 0 Å². The first-order valence-corrected chi connectivity index (χ1v) is 6.05. The smallest absolute Gasteiger partial charge is 0.0571 e. The van der Waals surface area contributed by atoms with Crippen molar-refractivity contribution >= 4 is 23.2 Å². The normalized spacial score (nSPS) is 25.8. The standard InChI is InChI=1S/C12H14Cl2O/c13-10-4-2-5-11(14)9(10)7-8-3-1-6-12(8)15/h2,4-5,8,12,15H,1,3,6-7H2. The maximum absolute atomic E-state index is 9.75. The van der Waals surface area contributed by atoms with E-state index in [0.29, 0.717) is 16.0 Å². The molecule has 0 bridgehead atoms. The molecule has 0 aliphatic heterocycles. The first-order valence-electron chi connectivity index (χ1n) is 5.29. The molecule has 1 saturated carbocycles. The Morgan fingerprint density at radius 1 is 1.20 bits per heavy atom. The van der Waals surface area contributed by atoms with Gasteiger partial charge in [-0.2, -0.15) is 0 Å². The van der Waals surface area contributed by atoms with Crippen molar-refractivity contribution in [3.05, 3.63) is 33.8 Å². The summed E-state index contributed by atoms with van der Waals surface area (Å²) in [6, 6.07) is 5.55. The zero-order chi connectivity index (χ0) is 10.8. The monoisotopic (exact) mass is 244 g/mol. The van der Waals surface area contributed by atoms with Crippen LogP contribution in [0.2, 0.25) is 10.0 Å². The second-order valence-electron chi connectivity index (χ2n) is 4.16. The predicted octanol–water partition coefficient (Wildman–Crippen LogP) is 3.70. The molecule has 1 aliphatic rings. The van der Waals surface area contributed by atoms with E-state index in [2.05, 4.69) is 0 Å². The van der Waals surface area contributed by atoms with E-state index in [4.69, 9.17) is 23.2 Å². The van der Waals surface area contributed by atoms with Gasteiger partial charge in [-0.25, -0.2) is 0 Å². The molecule has 1 aliphatic carbocycles. The minimum Gasteiger partial charge on any atom is -0.393 e. The SMILES string of the molecule is OC1CCCC1Cc1c(Cl)cccc1Cl. The molecule has 0 radical (unpaired) electrons. The molecule has 1 nitrogen and oxygen atoms in total. The van der Waals surface area contributed by atoms with Crippen LogP contribution in [-0.4, -0.2) is 11.2 Å². The van der Waals surface area contributed by atoms with E-state index in [1.807, 2.05) is 18.2 Å². The Morgan fingerprint density at radius 3 is 2.40 bits per heavy atom. The first kappa shape index (κ1) is 11.3. The van der Waals surface area contributed by atoms with E-state index in [1.165, 1.54) is 0 Å². The van der Waals surface area contributed by atoms with Gasteiger partial charge in [0.15, 0.2) is 0 Å². The molecule has 3 heteroatoms. The average molecular weight is 245 g/mol. The van der Waals surface area contributed by atoms with E-state index in [0.717, 1.165) is 31.2 Å². The van der Waals surface area contributed by atoms with Crippen LogP contribution in [0.15, 0.2) is 18.2 Å². The van der Waals surface area contributed by atoms with E-state index < -0.39 is 0 Å². The van der Waals surface area contributed by atoms with Gasteiger partial charge < -0.3 is 5.11 Å². The summed E-state index contributed by atoms with van der Waals surface area (Å²) in [5.41, 5.74) is 0.979. The second-order valence-corrected chi connectivity index (χ2v) is 4.98. The lowest BCUT2D eigenvalue weighted by Crippen LogP contribution is -2.15. The van der Waals surface area contributed by atoms with Gasteiger partial charge in [-0.15, -0.1) is 0 Å². The molecule has 15 heavy (non-hydrogen) atoms. The van der Waals surface area contributed by atoms with Gasteiger partial charge in [0, 0.05) is 10.0 Å². The van der Waals surface area contributed by atoms with Gasteiger partial charge in [0.05, 0.1) is 6.10 Å². The summed E-state index contributed by atoms with van der Waals surface area (Å²) >= 11 is 12.2. The Bertz CT molecular complexity index is 331. The van der Waals surface area contributed by atoms with Crippen molar-refractivity contribution in [2.45, 2.75) is 31.8 Å². The molecule has 0 spiro atoms. The highest BCUT2D eigenvalue weighted by Gasteiger charge is 2.26. The third kappa shape index (κ3) is 2.47. The van der Waals surface area contributed by atoms with Gasteiger partial charge in [0.25, 0.3) is 0 Å². The van der Waals surface area contributed by atoms with Gasteiger partial charge in [0.2, 0.25) is 0 Å². The number of halogens is 2. The number of aliphatic hydroxyl groups excluding tert-OH is 1. The fraction of sp³-hybridized carbons (Fsp3) is 0.500. The molecular formula is C12H14Cl2O. The minimum atomic E-state index is -0.183. The maximum atomic E-state index is 9.75. The number of hydrogen-bond donors (Lipinski definition) is 1. The minimum absolute atomic E-state index is 0.183. The predicted molar refractivity (Wildman–Crippen MR) is 63.5 cm³/mol. The summed E-state index contributed by atoms with van der Waals surface area (Å²) in [6.45, 7) is 0. The molecule has 0 amide bonds. The van der Waals surface area contributed by atoms with Crippen molar-refractivity contribution in [2.75, 3.05) is 0 Å². The maximum Gasteiger partial charge on any atom is 0.0571 e. The van der Waals surface area contributed by atoms with Crippen molar-refractivity contribution in [1.82, 2.24) is 0 Å². The summed E-state index contributed by atoms with van der Waals surface area (Å²) in [5.74, 6) is 0.322. The van der Waals surface area contributed by atoms with Gasteiger partial charge in [-0.3, -0.25) is 0 Å². The van der Waals surface area contributed by atoms with Crippen LogP contribution in [0.25, 0.3) is 0 Å². The summed E-state index contributed by atoms with van der Waals surface area (Å²) in [7, 11) is 0. The lowest BCUT2D eigenvalue weighted by Gasteiger charge is -2.16. The quantitative estimate of drug-likeness (QED) is 0.842.